The Bertz CT molecular complexity index is 407. The molecule has 2 heteroatoms. The van der Waals surface area contributed by atoms with E-state index >= 15 is 0 Å². The average Bonchev–Trinajstić information content (AvgIpc) is 3.07. The summed E-state index contributed by atoms with van der Waals surface area (Å²) in [6.45, 7) is 1.12. The third kappa shape index (κ3) is 3.79. The third-order valence-corrected chi connectivity index (χ3v) is 4.70. The molecule has 1 N–H and O–H groups in total. The molecule has 3 rings (SSSR count). The lowest BCUT2D eigenvalue weighted by atomic mass is 9.85. The predicted octanol–water partition coefficient (Wildman–Crippen LogP) is 3.93. The van der Waals surface area contributed by atoms with Gasteiger partial charge in [-0.15, -0.1) is 0 Å². The van der Waals surface area contributed by atoms with Gasteiger partial charge in [-0.05, 0) is 55.3 Å². The number of hydrogen-bond donors (Lipinski definition) is 1. The predicted molar refractivity (Wildman–Crippen MR) is 76.6 cm³/mol. The van der Waals surface area contributed by atoms with Crippen LogP contribution in [0.2, 0.25) is 0 Å². The minimum atomic E-state index is -0.0992. The number of halogens is 1. The second-order valence-electron chi connectivity index (χ2n) is 6.32. The average molecular weight is 261 g/mol. The van der Waals surface area contributed by atoms with E-state index in [1.807, 2.05) is 6.07 Å². The molecule has 1 nitrogen and oxygen atoms in total. The van der Waals surface area contributed by atoms with Crippen molar-refractivity contribution in [1.82, 2.24) is 5.32 Å². The zero-order valence-electron chi connectivity index (χ0n) is 11.6. The van der Waals surface area contributed by atoms with Crippen molar-refractivity contribution in [3.8, 4) is 0 Å². The Labute approximate surface area is 115 Å². The van der Waals surface area contributed by atoms with E-state index in [9.17, 15) is 4.39 Å². The molecule has 0 spiro atoms. The standard InChI is InChI=1S/C17H24FN/c18-16-7-3-4-13(11-16)10-15(12-19-17-8-9-17)14-5-1-2-6-14/h3-4,7,11,14-15,17,19H,1-2,5-6,8-10,12H2. The Morgan fingerprint density at radius 1 is 1.16 bits per heavy atom. The molecular weight excluding hydrogens is 237 g/mol. The molecule has 0 bridgehead atoms. The second-order valence-corrected chi connectivity index (χ2v) is 6.32. The van der Waals surface area contributed by atoms with Crippen molar-refractivity contribution < 1.29 is 4.39 Å². The minimum absolute atomic E-state index is 0.0992. The molecule has 0 aromatic heterocycles. The number of rotatable bonds is 6. The van der Waals surface area contributed by atoms with Gasteiger partial charge in [0.15, 0.2) is 0 Å². The quantitative estimate of drug-likeness (QED) is 0.818. The molecule has 1 atom stereocenters. The van der Waals surface area contributed by atoms with Gasteiger partial charge in [0, 0.05) is 6.04 Å². The maximum absolute atomic E-state index is 13.3. The number of hydrogen-bond acceptors (Lipinski definition) is 1. The smallest absolute Gasteiger partial charge is 0.123 e. The van der Waals surface area contributed by atoms with E-state index in [2.05, 4.69) is 11.4 Å². The van der Waals surface area contributed by atoms with Gasteiger partial charge in [0.2, 0.25) is 0 Å². The molecular formula is C17H24FN. The summed E-state index contributed by atoms with van der Waals surface area (Å²) in [5.74, 6) is 1.43. The zero-order chi connectivity index (χ0) is 13.1. The lowest BCUT2D eigenvalue weighted by molar-refractivity contribution is 0.320. The Morgan fingerprint density at radius 3 is 2.63 bits per heavy atom. The SMILES string of the molecule is Fc1cccc(CC(CNC2CC2)C2CCCC2)c1. The number of benzene rings is 1. The van der Waals surface area contributed by atoms with E-state index < -0.39 is 0 Å². The van der Waals surface area contributed by atoms with Crippen molar-refractivity contribution in [2.75, 3.05) is 6.54 Å². The first-order valence-corrected chi connectivity index (χ1v) is 7.79. The summed E-state index contributed by atoms with van der Waals surface area (Å²) in [7, 11) is 0. The summed E-state index contributed by atoms with van der Waals surface area (Å²) in [5.41, 5.74) is 1.16. The molecule has 0 saturated heterocycles. The molecule has 2 fully saturated rings. The molecule has 0 aliphatic heterocycles. The lowest BCUT2D eigenvalue weighted by Gasteiger charge is -2.24. The maximum Gasteiger partial charge on any atom is 0.123 e. The van der Waals surface area contributed by atoms with Gasteiger partial charge < -0.3 is 5.32 Å². The van der Waals surface area contributed by atoms with Crippen LogP contribution in [0.15, 0.2) is 24.3 Å². The van der Waals surface area contributed by atoms with Crippen molar-refractivity contribution in [2.45, 2.75) is 51.0 Å². The fourth-order valence-electron chi connectivity index (χ4n) is 3.41. The molecule has 2 aliphatic rings. The van der Waals surface area contributed by atoms with E-state index in [-0.39, 0.29) is 5.82 Å². The van der Waals surface area contributed by atoms with Crippen molar-refractivity contribution in [2.24, 2.45) is 11.8 Å². The van der Waals surface area contributed by atoms with Gasteiger partial charge >= 0.3 is 0 Å². The van der Waals surface area contributed by atoms with Crippen LogP contribution in [0.25, 0.3) is 0 Å². The van der Waals surface area contributed by atoms with Gasteiger partial charge in [-0.1, -0.05) is 37.8 Å². The fourth-order valence-corrected chi connectivity index (χ4v) is 3.41. The van der Waals surface area contributed by atoms with Gasteiger partial charge in [-0.2, -0.15) is 0 Å². The highest BCUT2D eigenvalue weighted by atomic mass is 19.1. The first-order valence-electron chi connectivity index (χ1n) is 7.79. The topological polar surface area (TPSA) is 12.0 Å². The van der Waals surface area contributed by atoms with E-state index in [1.165, 1.54) is 44.6 Å². The summed E-state index contributed by atoms with van der Waals surface area (Å²) in [6, 6.07) is 7.93. The van der Waals surface area contributed by atoms with Gasteiger partial charge in [-0.25, -0.2) is 4.39 Å². The number of nitrogens with one attached hydrogen (secondary N) is 1. The van der Waals surface area contributed by atoms with Crippen LogP contribution < -0.4 is 5.32 Å². The van der Waals surface area contributed by atoms with Gasteiger partial charge in [0.1, 0.15) is 5.82 Å². The molecule has 1 aromatic rings. The molecule has 0 amide bonds. The summed E-state index contributed by atoms with van der Waals surface area (Å²) in [5, 5.41) is 3.67. The van der Waals surface area contributed by atoms with Crippen molar-refractivity contribution in [3.05, 3.63) is 35.6 Å². The summed E-state index contributed by atoms with van der Waals surface area (Å²) in [6.07, 6.45) is 9.22. The van der Waals surface area contributed by atoms with Crippen LogP contribution in [-0.4, -0.2) is 12.6 Å². The van der Waals surface area contributed by atoms with Crippen molar-refractivity contribution >= 4 is 0 Å². The first-order chi connectivity index (χ1) is 9.31. The highest BCUT2D eigenvalue weighted by Gasteiger charge is 2.28. The first kappa shape index (κ1) is 13.1. The molecule has 19 heavy (non-hydrogen) atoms. The Balaban J connectivity index is 1.62. The van der Waals surface area contributed by atoms with Crippen LogP contribution in [-0.2, 0) is 6.42 Å². The maximum atomic E-state index is 13.3. The molecule has 1 unspecified atom stereocenters. The largest absolute Gasteiger partial charge is 0.314 e. The molecule has 2 aliphatic carbocycles. The normalized spacial score (nSPS) is 21.7. The Morgan fingerprint density at radius 2 is 1.95 bits per heavy atom. The molecule has 2 saturated carbocycles. The molecule has 104 valence electrons. The van der Waals surface area contributed by atoms with Gasteiger partial charge in [0.25, 0.3) is 0 Å². The van der Waals surface area contributed by atoms with Crippen molar-refractivity contribution in [1.29, 1.82) is 0 Å². The molecule has 0 radical (unpaired) electrons. The van der Waals surface area contributed by atoms with Crippen LogP contribution in [0, 0.1) is 17.7 Å². The monoisotopic (exact) mass is 261 g/mol. The molecule has 0 heterocycles. The summed E-state index contributed by atoms with van der Waals surface area (Å²) in [4.78, 5) is 0. The van der Waals surface area contributed by atoms with E-state index in [0.717, 1.165) is 30.5 Å². The van der Waals surface area contributed by atoms with E-state index in [4.69, 9.17) is 0 Å². The van der Waals surface area contributed by atoms with Crippen LogP contribution in [0.5, 0.6) is 0 Å². The lowest BCUT2D eigenvalue weighted by Crippen LogP contribution is -2.30. The third-order valence-electron chi connectivity index (χ3n) is 4.70. The van der Waals surface area contributed by atoms with E-state index in [1.54, 1.807) is 6.07 Å². The van der Waals surface area contributed by atoms with Crippen LogP contribution in [0.3, 0.4) is 0 Å². The Kier molecular flexibility index (Phi) is 4.17. The highest BCUT2D eigenvalue weighted by molar-refractivity contribution is 5.17. The molecule has 1 aromatic carbocycles. The minimum Gasteiger partial charge on any atom is -0.314 e. The fraction of sp³-hybridized carbons (Fsp3) is 0.647. The summed E-state index contributed by atoms with van der Waals surface area (Å²) < 4.78 is 13.3. The van der Waals surface area contributed by atoms with Gasteiger partial charge in [0.05, 0.1) is 0 Å². The van der Waals surface area contributed by atoms with Crippen molar-refractivity contribution in [3.63, 3.8) is 0 Å². The second kappa shape index (κ2) is 6.04. The highest BCUT2D eigenvalue weighted by Crippen LogP contribution is 2.33. The summed E-state index contributed by atoms with van der Waals surface area (Å²) >= 11 is 0. The van der Waals surface area contributed by atoms with Crippen LogP contribution in [0.1, 0.15) is 44.1 Å². The van der Waals surface area contributed by atoms with Crippen LogP contribution >= 0.6 is 0 Å². The zero-order valence-corrected chi connectivity index (χ0v) is 11.6. The van der Waals surface area contributed by atoms with Crippen LogP contribution in [0.4, 0.5) is 4.39 Å². The van der Waals surface area contributed by atoms with Gasteiger partial charge in [-0.3, -0.25) is 0 Å². The Hall–Kier alpha value is -0.890. The van der Waals surface area contributed by atoms with E-state index in [0.29, 0.717) is 5.92 Å².